The zero-order valence-corrected chi connectivity index (χ0v) is 7.73. The Morgan fingerprint density at radius 3 is 2.77 bits per heavy atom. The van der Waals surface area contributed by atoms with Crippen LogP contribution < -0.4 is 0 Å². The van der Waals surface area contributed by atoms with Crippen LogP contribution in [0.3, 0.4) is 0 Å². The molecule has 2 nitrogen and oxygen atoms in total. The van der Waals surface area contributed by atoms with Gasteiger partial charge in [0.1, 0.15) is 0 Å². The summed E-state index contributed by atoms with van der Waals surface area (Å²) in [5.41, 5.74) is 1.24. The summed E-state index contributed by atoms with van der Waals surface area (Å²) in [5, 5.41) is 8.87. The van der Waals surface area contributed by atoms with E-state index >= 15 is 0 Å². The van der Waals surface area contributed by atoms with Crippen LogP contribution in [0.25, 0.3) is 0 Å². The van der Waals surface area contributed by atoms with Gasteiger partial charge in [-0.1, -0.05) is 25.2 Å². The van der Waals surface area contributed by atoms with Crippen molar-refractivity contribution in [2.24, 2.45) is 17.8 Å². The van der Waals surface area contributed by atoms with Gasteiger partial charge < -0.3 is 5.11 Å². The van der Waals surface area contributed by atoms with E-state index in [1.54, 1.807) is 0 Å². The predicted molar refractivity (Wildman–Crippen MR) is 50.2 cm³/mol. The Morgan fingerprint density at radius 2 is 2.31 bits per heavy atom. The Kier molecular flexibility index (Phi) is 1.98. The summed E-state index contributed by atoms with van der Waals surface area (Å²) in [6.45, 7) is 2.02. The second kappa shape index (κ2) is 3.02. The standard InChI is InChI=1S/C11H14O2/c1-7-9(10(7)11(12)13)8-5-3-2-4-6-8/h3,5-7,9-10H,2,4H2,1H3,(H,12,13). The molecule has 0 spiro atoms. The molecule has 3 atom stereocenters. The second-order valence-corrected chi connectivity index (χ2v) is 3.93. The topological polar surface area (TPSA) is 37.3 Å². The average molecular weight is 178 g/mol. The Balaban J connectivity index is 2.08. The Labute approximate surface area is 78.0 Å². The molecule has 3 unspecified atom stereocenters. The van der Waals surface area contributed by atoms with Gasteiger partial charge in [0, 0.05) is 5.92 Å². The fraction of sp³-hybridized carbons (Fsp3) is 0.545. The zero-order chi connectivity index (χ0) is 9.42. The number of rotatable bonds is 2. The normalized spacial score (nSPS) is 37.0. The van der Waals surface area contributed by atoms with E-state index in [1.165, 1.54) is 5.57 Å². The highest BCUT2D eigenvalue weighted by molar-refractivity contribution is 5.75. The summed E-state index contributed by atoms with van der Waals surface area (Å²) >= 11 is 0. The highest BCUT2D eigenvalue weighted by Crippen LogP contribution is 2.51. The molecule has 1 fully saturated rings. The van der Waals surface area contributed by atoms with Gasteiger partial charge in [0.15, 0.2) is 0 Å². The molecule has 0 aromatic rings. The molecule has 0 amide bonds. The molecule has 2 aliphatic rings. The van der Waals surface area contributed by atoms with E-state index < -0.39 is 5.97 Å². The molecule has 0 bridgehead atoms. The van der Waals surface area contributed by atoms with Crippen molar-refractivity contribution in [3.8, 4) is 0 Å². The van der Waals surface area contributed by atoms with Crippen LogP contribution in [0.15, 0.2) is 23.8 Å². The molecule has 70 valence electrons. The molecule has 2 aliphatic carbocycles. The molecular formula is C11H14O2. The van der Waals surface area contributed by atoms with Gasteiger partial charge in [-0.05, 0) is 24.3 Å². The summed E-state index contributed by atoms with van der Waals surface area (Å²) in [7, 11) is 0. The van der Waals surface area contributed by atoms with Crippen LogP contribution in [0.1, 0.15) is 19.8 Å². The Morgan fingerprint density at radius 1 is 1.54 bits per heavy atom. The lowest BCUT2D eigenvalue weighted by molar-refractivity contribution is -0.139. The first-order valence-corrected chi connectivity index (χ1v) is 4.81. The largest absolute Gasteiger partial charge is 0.481 e. The van der Waals surface area contributed by atoms with Crippen molar-refractivity contribution in [1.82, 2.24) is 0 Å². The number of allylic oxidation sites excluding steroid dienone is 4. The highest BCUT2D eigenvalue weighted by Gasteiger charge is 2.53. The maximum atomic E-state index is 10.8. The Bertz CT molecular complexity index is 288. The molecule has 2 rings (SSSR count). The van der Waals surface area contributed by atoms with E-state index in [9.17, 15) is 4.79 Å². The lowest BCUT2D eigenvalue weighted by Gasteiger charge is -2.04. The molecule has 0 radical (unpaired) electrons. The van der Waals surface area contributed by atoms with Crippen LogP contribution >= 0.6 is 0 Å². The van der Waals surface area contributed by atoms with Gasteiger partial charge in [0.25, 0.3) is 0 Å². The number of hydrogen-bond acceptors (Lipinski definition) is 1. The first-order chi connectivity index (χ1) is 6.22. The summed E-state index contributed by atoms with van der Waals surface area (Å²) < 4.78 is 0. The molecule has 13 heavy (non-hydrogen) atoms. The number of carboxylic acid groups (broad SMARTS) is 1. The Hall–Kier alpha value is -1.05. The highest BCUT2D eigenvalue weighted by atomic mass is 16.4. The minimum absolute atomic E-state index is 0.131. The quantitative estimate of drug-likeness (QED) is 0.704. The molecule has 0 aromatic heterocycles. The van der Waals surface area contributed by atoms with E-state index in [0.717, 1.165) is 12.8 Å². The predicted octanol–water partition coefficient (Wildman–Crippen LogP) is 2.23. The van der Waals surface area contributed by atoms with Crippen molar-refractivity contribution < 1.29 is 9.90 Å². The third-order valence-electron chi connectivity index (χ3n) is 3.07. The molecule has 1 N–H and O–H groups in total. The van der Waals surface area contributed by atoms with E-state index in [-0.39, 0.29) is 11.8 Å². The van der Waals surface area contributed by atoms with Crippen molar-refractivity contribution >= 4 is 5.97 Å². The van der Waals surface area contributed by atoms with Gasteiger partial charge in [-0.15, -0.1) is 0 Å². The third-order valence-corrected chi connectivity index (χ3v) is 3.07. The summed E-state index contributed by atoms with van der Waals surface area (Å²) in [6, 6.07) is 0. The van der Waals surface area contributed by atoms with Crippen LogP contribution in [-0.2, 0) is 4.79 Å². The summed E-state index contributed by atoms with van der Waals surface area (Å²) in [6.07, 6.45) is 8.58. The smallest absolute Gasteiger partial charge is 0.307 e. The van der Waals surface area contributed by atoms with Crippen LogP contribution in [0.2, 0.25) is 0 Å². The van der Waals surface area contributed by atoms with Gasteiger partial charge >= 0.3 is 5.97 Å². The summed E-state index contributed by atoms with van der Waals surface area (Å²) in [5.74, 6) is -0.160. The van der Waals surface area contributed by atoms with E-state index in [2.05, 4.69) is 18.2 Å². The molecular weight excluding hydrogens is 164 g/mol. The molecule has 0 heterocycles. The van der Waals surface area contributed by atoms with Gasteiger partial charge in [0.05, 0.1) is 5.92 Å². The van der Waals surface area contributed by atoms with E-state index in [1.807, 2.05) is 6.92 Å². The minimum Gasteiger partial charge on any atom is -0.481 e. The van der Waals surface area contributed by atoms with Gasteiger partial charge in [-0.3, -0.25) is 4.79 Å². The van der Waals surface area contributed by atoms with Crippen molar-refractivity contribution in [2.45, 2.75) is 19.8 Å². The van der Waals surface area contributed by atoms with Crippen LogP contribution in [0.5, 0.6) is 0 Å². The fourth-order valence-corrected chi connectivity index (χ4v) is 2.23. The van der Waals surface area contributed by atoms with E-state index in [4.69, 9.17) is 5.11 Å². The van der Waals surface area contributed by atoms with E-state index in [0.29, 0.717) is 5.92 Å². The molecule has 1 saturated carbocycles. The van der Waals surface area contributed by atoms with Crippen LogP contribution in [0.4, 0.5) is 0 Å². The second-order valence-electron chi connectivity index (χ2n) is 3.93. The maximum Gasteiger partial charge on any atom is 0.307 e. The fourth-order valence-electron chi connectivity index (χ4n) is 2.23. The first-order valence-electron chi connectivity index (χ1n) is 4.81. The SMILES string of the molecule is CC1C(C(=O)O)C1C1=CCCC=C1. The average Bonchev–Trinajstić information content (AvgIpc) is 2.79. The first kappa shape index (κ1) is 8.54. The van der Waals surface area contributed by atoms with Crippen molar-refractivity contribution in [2.75, 3.05) is 0 Å². The minimum atomic E-state index is -0.641. The zero-order valence-electron chi connectivity index (χ0n) is 7.73. The molecule has 0 aromatic carbocycles. The number of carboxylic acids is 1. The number of hydrogen-bond donors (Lipinski definition) is 1. The van der Waals surface area contributed by atoms with Gasteiger partial charge in [0.2, 0.25) is 0 Å². The maximum absolute atomic E-state index is 10.8. The monoisotopic (exact) mass is 178 g/mol. The van der Waals surface area contributed by atoms with Gasteiger partial charge in [-0.25, -0.2) is 0 Å². The van der Waals surface area contributed by atoms with Crippen LogP contribution in [-0.4, -0.2) is 11.1 Å². The molecule has 0 aliphatic heterocycles. The summed E-state index contributed by atoms with van der Waals surface area (Å²) in [4.78, 5) is 10.8. The van der Waals surface area contributed by atoms with Crippen LogP contribution in [0, 0.1) is 17.8 Å². The molecule has 2 heteroatoms. The molecule has 0 saturated heterocycles. The lowest BCUT2D eigenvalue weighted by Crippen LogP contribution is -2.01. The van der Waals surface area contributed by atoms with Crippen molar-refractivity contribution in [3.63, 3.8) is 0 Å². The van der Waals surface area contributed by atoms with Crippen molar-refractivity contribution in [3.05, 3.63) is 23.8 Å². The third kappa shape index (κ3) is 1.41. The van der Waals surface area contributed by atoms with Gasteiger partial charge in [-0.2, -0.15) is 0 Å². The lowest BCUT2D eigenvalue weighted by atomic mass is 10.0. The van der Waals surface area contributed by atoms with Crippen molar-refractivity contribution in [1.29, 1.82) is 0 Å². The number of carbonyl (C=O) groups is 1. The number of aliphatic carboxylic acids is 1.